The van der Waals surface area contributed by atoms with Gasteiger partial charge in [-0.05, 0) is 29.9 Å². The van der Waals surface area contributed by atoms with E-state index in [0.29, 0.717) is 5.56 Å². The zero-order chi connectivity index (χ0) is 11.3. The summed E-state index contributed by atoms with van der Waals surface area (Å²) in [6.45, 7) is 0. The van der Waals surface area contributed by atoms with Gasteiger partial charge in [-0.3, -0.25) is 14.9 Å². The molecule has 78 valence electrons. The Morgan fingerprint density at radius 3 is 2.47 bits per heavy atom. The SMILES string of the molecule is CSC=CC(=O)c1ccc([N+](=O)[O-])cc1. The first-order valence-corrected chi connectivity index (χ1v) is 5.42. The van der Waals surface area contributed by atoms with Gasteiger partial charge in [0, 0.05) is 17.7 Å². The van der Waals surface area contributed by atoms with Crippen LogP contribution in [0.4, 0.5) is 5.69 Å². The van der Waals surface area contributed by atoms with Gasteiger partial charge in [0.15, 0.2) is 5.78 Å². The summed E-state index contributed by atoms with van der Waals surface area (Å²) in [6.07, 6.45) is 3.28. The second kappa shape index (κ2) is 5.31. The first-order chi connectivity index (χ1) is 7.15. The van der Waals surface area contributed by atoms with Crippen LogP contribution in [0.3, 0.4) is 0 Å². The molecule has 0 N–H and O–H groups in total. The second-order valence-corrected chi connectivity index (χ2v) is 3.45. The van der Waals surface area contributed by atoms with Gasteiger partial charge in [-0.25, -0.2) is 0 Å². The van der Waals surface area contributed by atoms with Crippen LogP contribution in [0.5, 0.6) is 0 Å². The quantitative estimate of drug-likeness (QED) is 0.341. The van der Waals surface area contributed by atoms with Crippen LogP contribution in [0.15, 0.2) is 35.7 Å². The van der Waals surface area contributed by atoms with Crippen LogP contribution < -0.4 is 0 Å². The van der Waals surface area contributed by atoms with Crippen molar-refractivity contribution in [3.8, 4) is 0 Å². The van der Waals surface area contributed by atoms with Crippen LogP contribution >= 0.6 is 11.8 Å². The van der Waals surface area contributed by atoms with Gasteiger partial charge in [0.2, 0.25) is 0 Å². The third-order valence-electron chi connectivity index (χ3n) is 1.72. The van der Waals surface area contributed by atoms with Gasteiger partial charge in [0.05, 0.1) is 4.92 Å². The van der Waals surface area contributed by atoms with Gasteiger partial charge in [0.25, 0.3) is 5.69 Å². The Bertz CT molecular complexity index is 398. The highest BCUT2D eigenvalue weighted by atomic mass is 32.2. The molecule has 1 aromatic carbocycles. The standard InChI is InChI=1S/C10H9NO3S/c1-15-7-6-10(12)8-2-4-9(5-3-8)11(13)14/h2-7H,1H3. The van der Waals surface area contributed by atoms with E-state index in [1.165, 1.54) is 42.1 Å². The van der Waals surface area contributed by atoms with Crippen molar-refractivity contribution >= 4 is 23.2 Å². The molecule has 0 aliphatic rings. The Kier molecular flexibility index (Phi) is 4.05. The number of non-ortho nitro benzene ring substituents is 1. The average Bonchev–Trinajstić information content (AvgIpc) is 2.26. The zero-order valence-corrected chi connectivity index (χ0v) is 8.86. The number of carbonyl (C=O) groups excluding carboxylic acids is 1. The summed E-state index contributed by atoms with van der Waals surface area (Å²) in [5.41, 5.74) is 0.436. The lowest BCUT2D eigenvalue weighted by Crippen LogP contribution is -1.94. The molecule has 0 unspecified atom stereocenters. The molecule has 0 radical (unpaired) electrons. The molecule has 0 saturated heterocycles. The number of ketones is 1. The lowest BCUT2D eigenvalue weighted by atomic mass is 10.1. The summed E-state index contributed by atoms with van der Waals surface area (Å²) < 4.78 is 0. The van der Waals surface area contributed by atoms with E-state index in [0.717, 1.165) is 0 Å². The molecule has 0 fully saturated rings. The Morgan fingerprint density at radius 1 is 1.40 bits per heavy atom. The maximum absolute atomic E-state index is 11.4. The number of nitro groups is 1. The minimum atomic E-state index is -0.494. The Labute approximate surface area is 91.1 Å². The summed E-state index contributed by atoms with van der Waals surface area (Å²) in [5, 5.41) is 12.0. The number of rotatable bonds is 4. The van der Waals surface area contributed by atoms with Crippen molar-refractivity contribution in [1.29, 1.82) is 0 Å². The van der Waals surface area contributed by atoms with Gasteiger partial charge in [-0.2, -0.15) is 0 Å². The monoisotopic (exact) mass is 223 g/mol. The first-order valence-electron chi connectivity index (χ1n) is 4.13. The minimum absolute atomic E-state index is 0.0135. The number of carbonyl (C=O) groups is 1. The topological polar surface area (TPSA) is 60.2 Å². The highest BCUT2D eigenvalue weighted by molar-refractivity contribution is 8.01. The first kappa shape index (κ1) is 11.5. The molecule has 4 nitrogen and oxygen atoms in total. The van der Waals surface area contributed by atoms with Crippen molar-refractivity contribution in [3.05, 3.63) is 51.4 Å². The summed E-state index contributed by atoms with van der Waals surface area (Å²) >= 11 is 1.42. The van der Waals surface area contributed by atoms with E-state index in [4.69, 9.17) is 0 Å². The molecular formula is C10H9NO3S. The summed E-state index contributed by atoms with van der Waals surface area (Å²) in [4.78, 5) is 21.3. The maximum atomic E-state index is 11.4. The number of thioether (sulfide) groups is 1. The van der Waals surface area contributed by atoms with Crippen molar-refractivity contribution in [2.24, 2.45) is 0 Å². The largest absolute Gasteiger partial charge is 0.289 e. The van der Waals surface area contributed by atoms with Crippen molar-refractivity contribution in [2.75, 3.05) is 6.26 Å². The van der Waals surface area contributed by atoms with Crippen LogP contribution in [0, 0.1) is 10.1 Å². The highest BCUT2D eigenvalue weighted by Gasteiger charge is 2.06. The molecule has 0 atom stereocenters. The minimum Gasteiger partial charge on any atom is -0.289 e. The Morgan fingerprint density at radius 2 is 2.00 bits per heavy atom. The van der Waals surface area contributed by atoms with Crippen molar-refractivity contribution in [2.45, 2.75) is 0 Å². The number of hydrogen-bond acceptors (Lipinski definition) is 4. The van der Waals surface area contributed by atoms with Gasteiger partial charge in [-0.1, -0.05) is 0 Å². The zero-order valence-electron chi connectivity index (χ0n) is 8.04. The fourth-order valence-corrected chi connectivity index (χ4v) is 1.23. The molecular weight excluding hydrogens is 214 g/mol. The van der Waals surface area contributed by atoms with E-state index in [-0.39, 0.29) is 11.5 Å². The third kappa shape index (κ3) is 3.21. The molecule has 0 aliphatic heterocycles. The van der Waals surface area contributed by atoms with Crippen LogP contribution in [0.25, 0.3) is 0 Å². The molecule has 0 aromatic heterocycles. The van der Waals surface area contributed by atoms with Crippen LogP contribution in [-0.4, -0.2) is 17.0 Å². The third-order valence-corrected chi connectivity index (χ3v) is 2.13. The number of nitro benzene ring substituents is 1. The van der Waals surface area contributed by atoms with E-state index >= 15 is 0 Å². The number of nitrogens with zero attached hydrogens (tertiary/aromatic N) is 1. The molecule has 1 rings (SSSR count). The number of benzene rings is 1. The van der Waals surface area contributed by atoms with Crippen molar-refractivity contribution in [1.82, 2.24) is 0 Å². The van der Waals surface area contributed by atoms with Crippen LogP contribution in [0.2, 0.25) is 0 Å². The van der Waals surface area contributed by atoms with Gasteiger partial charge in [0.1, 0.15) is 0 Å². The van der Waals surface area contributed by atoms with E-state index in [1.54, 1.807) is 5.41 Å². The van der Waals surface area contributed by atoms with Crippen LogP contribution in [-0.2, 0) is 0 Å². The average molecular weight is 223 g/mol. The van der Waals surface area contributed by atoms with Crippen molar-refractivity contribution < 1.29 is 9.72 Å². The molecule has 15 heavy (non-hydrogen) atoms. The number of allylic oxidation sites excluding steroid dienone is 1. The summed E-state index contributed by atoms with van der Waals surface area (Å²) in [5.74, 6) is -0.153. The van der Waals surface area contributed by atoms with E-state index in [2.05, 4.69) is 0 Å². The predicted octanol–water partition coefficient (Wildman–Crippen LogP) is 2.65. The summed E-state index contributed by atoms with van der Waals surface area (Å²) in [6, 6.07) is 5.54. The van der Waals surface area contributed by atoms with Gasteiger partial charge in [-0.15, -0.1) is 11.8 Å². The molecule has 0 bridgehead atoms. The molecule has 0 spiro atoms. The fourth-order valence-electron chi connectivity index (χ4n) is 0.973. The molecule has 0 amide bonds. The van der Waals surface area contributed by atoms with Crippen LogP contribution in [0.1, 0.15) is 10.4 Å². The lowest BCUT2D eigenvalue weighted by molar-refractivity contribution is -0.384. The van der Waals surface area contributed by atoms with E-state index in [9.17, 15) is 14.9 Å². The smallest absolute Gasteiger partial charge is 0.269 e. The molecule has 5 heteroatoms. The number of hydrogen-bond donors (Lipinski definition) is 0. The lowest BCUT2D eigenvalue weighted by Gasteiger charge is -1.94. The summed E-state index contributed by atoms with van der Waals surface area (Å²) in [7, 11) is 0. The van der Waals surface area contributed by atoms with Gasteiger partial charge < -0.3 is 0 Å². The Balaban J connectivity index is 2.84. The second-order valence-electron chi connectivity index (χ2n) is 2.71. The fraction of sp³-hybridized carbons (Fsp3) is 0.100. The molecule has 0 aliphatic carbocycles. The molecule has 1 aromatic rings. The maximum Gasteiger partial charge on any atom is 0.269 e. The van der Waals surface area contributed by atoms with E-state index < -0.39 is 4.92 Å². The van der Waals surface area contributed by atoms with E-state index in [1.807, 2.05) is 6.26 Å². The predicted molar refractivity (Wildman–Crippen MR) is 60.1 cm³/mol. The highest BCUT2D eigenvalue weighted by Crippen LogP contribution is 2.12. The Hall–Kier alpha value is -1.62. The normalized spacial score (nSPS) is 10.5. The van der Waals surface area contributed by atoms with Gasteiger partial charge >= 0.3 is 0 Å². The van der Waals surface area contributed by atoms with Crippen molar-refractivity contribution in [3.63, 3.8) is 0 Å². The molecule has 0 saturated carbocycles. The molecule has 0 heterocycles.